The Kier molecular flexibility index (Phi) is 7.92. The highest BCUT2D eigenvalue weighted by Crippen LogP contribution is 2.23. The maximum Gasteiger partial charge on any atom is 0.165 e. The first-order valence-electron chi connectivity index (χ1n) is 2.38. The van der Waals surface area contributed by atoms with Crippen molar-refractivity contribution in [3.63, 3.8) is 0 Å². The zero-order chi connectivity index (χ0) is 6.24. The summed E-state index contributed by atoms with van der Waals surface area (Å²) in [7, 11) is 0.538. The highest BCUT2D eigenvalue weighted by Gasteiger charge is 1.87. The minimum absolute atomic E-state index is 0.538. The van der Waals surface area contributed by atoms with Gasteiger partial charge in [0.15, 0.2) is 7.00 Å². The first kappa shape index (κ1) is 8.47. The second-order valence-electron chi connectivity index (χ2n) is 1.29. The number of carbonyl (C=O) groups is 1. The van der Waals surface area contributed by atoms with E-state index in [0.29, 0.717) is 14.1 Å². The lowest BCUT2D eigenvalue weighted by molar-refractivity contribution is -0.107. The average molecular weight is 150 g/mol. The molecule has 2 nitrogen and oxygen atoms in total. The summed E-state index contributed by atoms with van der Waals surface area (Å²) in [6.45, 7) is 0.958. The van der Waals surface area contributed by atoms with Gasteiger partial charge < -0.3 is 9.35 Å². The monoisotopic (exact) mass is 150 g/mol. The van der Waals surface area contributed by atoms with Gasteiger partial charge in [0.1, 0.15) is 6.29 Å². The maximum absolute atomic E-state index is 9.70. The summed E-state index contributed by atoms with van der Waals surface area (Å²) in [5.74, 6) is 0. The van der Waals surface area contributed by atoms with E-state index in [1.165, 1.54) is 0 Å². The van der Waals surface area contributed by atoms with Crippen molar-refractivity contribution >= 4 is 32.6 Å². The van der Waals surface area contributed by atoms with Crippen molar-refractivity contribution in [3.05, 3.63) is 0 Å². The van der Waals surface area contributed by atoms with Crippen LogP contribution in [0.25, 0.3) is 0 Å². The van der Waals surface area contributed by atoms with Crippen molar-refractivity contribution < 1.29 is 9.35 Å². The van der Waals surface area contributed by atoms with Gasteiger partial charge in [-0.25, -0.2) is 0 Å². The SMILES string of the molecule is O=CCCBPSO. The largest absolute Gasteiger partial charge is 0.327 e. The molecule has 0 aliphatic rings. The normalized spacial score (nSPS) is 10.1. The van der Waals surface area contributed by atoms with Crippen molar-refractivity contribution in [2.45, 2.75) is 12.7 Å². The van der Waals surface area contributed by atoms with Gasteiger partial charge in [0.2, 0.25) is 0 Å². The Labute approximate surface area is 55.4 Å². The van der Waals surface area contributed by atoms with E-state index >= 15 is 0 Å². The third kappa shape index (κ3) is 6.47. The molecule has 0 aromatic carbocycles. The minimum Gasteiger partial charge on any atom is -0.327 e. The molecule has 0 aliphatic heterocycles. The predicted octanol–water partition coefficient (Wildman–Crippen LogP) is 1.14. The lowest BCUT2D eigenvalue weighted by Crippen LogP contribution is -1.78. The molecule has 0 saturated heterocycles. The molecule has 8 heavy (non-hydrogen) atoms. The first-order valence-corrected chi connectivity index (χ1v) is 5.09. The second-order valence-corrected chi connectivity index (χ2v) is 3.68. The van der Waals surface area contributed by atoms with Gasteiger partial charge in [0.05, 0.1) is 0 Å². The fourth-order valence-corrected chi connectivity index (χ4v) is 1.45. The van der Waals surface area contributed by atoms with Crippen LogP contribution in [0.2, 0.25) is 6.32 Å². The van der Waals surface area contributed by atoms with Gasteiger partial charge in [0.25, 0.3) is 0 Å². The molecule has 0 fully saturated rings. The van der Waals surface area contributed by atoms with E-state index < -0.39 is 0 Å². The first-order chi connectivity index (χ1) is 3.91. The molecule has 0 bridgehead atoms. The topological polar surface area (TPSA) is 37.3 Å². The molecule has 0 saturated carbocycles. The summed E-state index contributed by atoms with van der Waals surface area (Å²) >= 11 is 0.864. The number of hydrogen-bond donors (Lipinski definition) is 1. The van der Waals surface area contributed by atoms with Crippen molar-refractivity contribution in [1.29, 1.82) is 0 Å². The number of hydrogen-bond acceptors (Lipinski definition) is 3. The average Bonchev–Trinajstić information content (AvgIpc) is 1.81. The summed E-state index contributed by atoms with van der Waals surface area (Å²) in [4.78, 5) is 9.70. The molecule has 0 amide bonds. The number of aldehydes is 1. The van der Waals surface area contributed by atoms with Crippen LogP contribution >= 0.6 is 19.3 Å². The lowest BCUT2D eigenvalue weighted by atomic mass is 10.0. The number of rotatable bonds is 5. The van der Waals surface area contributed by atoms with Crippen LogP contribution in [0.5, 0.6) is 0 Å². The third-order valence-corrected chi connectivity index (χ3v) is 2.35. The van der Waals surface area contributed by atoms with Crippen LogP contribution in [0.3, 0.4) is 0 Å². The van der Waals surface area contributed by atoms with E-state index in [2.05, 4.69) is 0 Å². The lowest BCUT2D eigenvalue weighted by Gasteiger charge is -1.86. The summed E-state index contributed by atoms with van der Waals surface area (Å²) in [6.07, 6.45) is 2.45. The van der Waals surface area contributed by atoms with Gasteiger partial charge in [-0.1, -0.05) is 14.0 Å². The van der Waals surface area contributed by atoms with Gasteiger partial charge in [-0.3, -0.25) is 0 Å². The molecule has 0 heterocycles. The van der Waals surface area contributed by atoms with Crippen molar-refractivity contribution in [3.8, 4) is 0 Å². The van der Waals surface area contributed by atoms with Crippen LogP contribution in [0.1, 0.15) is 6.42 Å². The molecule has 0 aromatic heterocycles. The van der Waals surface area contributed by atoms with E-state index in [1.54, 1.807) is 0 Å². The molecule has 1 atom stereocenters. The zero-order valence-corrected chi connectivity index (χ0v) is 6.28. The fraction of sp³-hybridized carbons (Fsp3) is 0.667. The Morgan fingerprint density at radius 1 is 1.88 bits per heavy atom. The van der Waals surface area contributed by atoms with Gasteiger partial charge in [-0.2, -0.15) is 0 Å². The molecule has 1 unspecified atom stereocenters. The highest BCUT2D eigenvalue weighted by molar-refractivity contribution is 8.53. The summed E-state index contributed by atoms with van der Waals surface area (Å²) < 4.78 is 8.21. The molecule has 0 aliphatic carbocycles. The second kappa shape index (κ2) is 7.47. The summed E-state index contributed by atoms with van der Waals surface area (Å²) in [5.41, 5.74) is 0. The Bertz CT molecular complexity index is 63.2. The maximum atomic E-state index is 9.70. The van der Waals surface area contributed by atoms with Gasteiger partial charge >= 0.3 is 0 Å². The number of carbonyl (C=O) groups excluding carboxylic acids is 1. The van der Waals surface area contributed by atoms with E-state index in [4.69, 9.17) is 4.55 Å². The fourth-order valence-electron chi connectivity index (χ4n) is 0.303. The van der Waals surface area contributed by atoms with Crippen LogP contribution in [0, 0.1) is 0 Å². The van der Waals surface area contributed by atoms with Gasteiger partial charge in [-0.15, -0.1) is 0 Å². The van der Waals surface area contributed by atoms with Crippen molar-refractivity contribution in [2.24, 2.45) is 0 Å². The Hall–Kier alpha value is 0.475. The molecule has 46 valence electrons. The predicted molar refractivity (Wildman–Crippen MR) is 41.2 cm³/mol. The summed E-state index contributed by atoms with van der Waals surface area (Å²) in [5, 5.41) is 0. The smallest absolute Gasteiger partial charge is 0.165 e. The van der Waals surface area contributed by atoms with E-state index in [1.807, 2.05) is 0 Å². The minimum atomic E-state index is 0.538. The molecule has 0 radical (unpaired) electrons. The third-order valence-electron chi connectivity index (χ3n) is 0.665. The standard InChI is InChI=1S/C3H8BO2PS/c5-3-1-2-4-7-8-6/h3-4,6-7H,1-2H2. The molecule has 5 heteroatoms. The van der Waals surface area contributed by atoms with Crippen LogP contribution < -0.4 is 0 Å². The van der Waals surface area contributed by atoms with Gasteiger partial charge in [-0.05, 0) is 6.42 Å². The van der Waals surface area contributed by atoms with Gasteiger partial charge in [0, 0.05) is 11.7 Å². The Morgan fingerprint density at radius 3 is 3.12 bits per heavy atom. The van der Waals surface area contributed by atoms with E-state index in [-0.39, 0.29) is 0 Å². The Morgan fingerprint density at radius 2 is 2.62 bits per heavy atom. The van der Waals surface area contributed by atoms with Crippen molar-refractivity contribution in [2.75, 3.05) is 0 Å². The van der Waals surface area contributed by atoms with Crippen LogP contribution in [-0.2, 0) is 4.79 Å². The van der Waals surface area contributed by atoms with E-state index in [9.17, 15) is 4.79 Å². The van der Waals surface area contributed by atoms with Crippen LogP contribution in [0.15, 0.2) is 0 Å². The van der Waals surface area contributed by atoms with Crippen LogP contribution in [-0.4, -0.2) is 17.8 Å². The molecule has 0 spiro atoms. The van der Waals surface area contributed by atoms with Crippen LogP contribution in [0.4, 0.5) is 0 Å². The quantitative estimate of drug-likeness (QED) is 0.210. The highest BCUT2D eigenvalue weighted by atomic mass is 32.7. The van der Waals surface area contributed by atoms with E-state index in [0.717, 1.165) is 31.3 Å². The molecular weight excluding hydrogens is 142 g/mol. The molecule has 0 aromatic rings. The molecular formula is C3H8BO2PS. The molecule has 0 rings (SSSR count). The Balaban J connectivity index is 2.62. The van der Waals surface area contributed by atoms with Crippen molar-refractivity contribution in [1.82, 2.24) is 0 Å². The molecule has 1 N–H and O–H groups in total. The zero-order valence-electron chi connectivity index (χ0n) is 4.46. The summed E-state index contributed by atoms with van der Waals surface area (Å²) in [6, 6.07) is 0.